The Hall–Kier alpha value is -2.70. The fraction of sp³-hybridized carbons (Fsp3) is 0.389. The molecule has 6 nitrogen and oxygen atoms in total. The van der Waals surface area contributed by atoms with Crippen molar-refractivity contribution in [3.63, 3.8) is 0 Å². The minimum Gasteiger partial charge on any atom is -0.367 e. The Morgan fingerprint density at radius 2 is 1.84 bits per heavy atom. The van der Waals surface area contributed by atoms with Crippen molar-refractivity contribution >= 4 is 17.4 Å². The standard InChI is InChI=1S/C18H22FN5O/c1-13(2)22-17-12-20-15(11-21-17)18(25)24-9-7-23(8-10-24)16-6-4-3-5-14(16)19/h3-6,11-13H,7-10H2,1-2H3,(H,21,22). The van der Waals surface area contributed by atoms with Crippen molar-refractivity contribution in [2.45, 2.75) is 19.9 Å². The van der Waals surface area contributed by atoms with E-state index in [2.05, 4.69) is 15.3 Å². The number of anilines is 2. The van der Waals surface area contributed by atoms with Crippen LogP contribution >= 0.6 is 0 Å². The van der Waals surface area contributed by atoms with Crippen molar-refractivity contribution in [3.05, 3.63) is 48.2 Å². The minimum absolute atomic E-state index is 0.142. The average Bonchev–Trinajstić information content (AvgIpc) is 2.62. The Morgan fingerprint density at radius 3 is 2.44 bits per heavy atom. The second kappa shape index (κ2) is 7.46. The van der Waals surface area contributed by atoms with Gasteiger partial charge in [0, 0.05) is 32.2 Å². The van der Waals surface area contributed by atoms with Crippen LogP contribution in [0, 0.1) is 5.82 Å². The number of aromatic nitrogens is 2. The lowest BCUT2D eigenvalue weighted by Crippen LogP contribution is -2.49. The molecule has 0 bridgehead atoms. The average molecular weight is 343 g/mol. The number of hydrogen-bond acceptors (Lipinski definition) is 5. The molecule has 0 aliphatic carbocycles. The van der Waals surface area contributed by atoms with Crippen LogP contribution in [-0.2, 0) is 0 Å². The number of rotatable bonds is 4. The number of nitrogens with zero attached hydrogens (tertiary/aromatic N) is 4. The molecule has 1 amide bonds. The van der Waals surface area contributed by atoms with Gasteiger partial charge in [-0.1, -0.05) is 12.1 Å². The largest absolute Gasteiger partial charge is 0.367 e. The maximum absolute atomic E-state index is 13.9. The molecular weight excluding hydrogens is 321 g/mol. The van der Waals surface area contributed by atoms with Gasteiger partial charge in [0.05, 0.1) is 18.1 Å². The van der Waals surface area contributed by atoms with E-state index in [9.17, 15) is 9.18 Å². The van der Waals surface area contributed by atoms with Gasteiger partial charge in [-0.2, -0.15) is 0 Å². The van der Waals surface area contributed by atoms with Crippen LogP contribution < -0.4 is 10.2 Å². The van der Waals surface area contributed by atoms with Crippen molar-refractivity contribution in [2.75, 3.05) is 36.4 Å². The van der Waals surface area contributed by atoms with E-state index < -0.39 is 0 Å². The Bertz CT molecular complexity index is 727. The molecule has 1 aliphatic rings. The fourth-order valence-corrected chi connectivity index (χ4v) is 2.83. The van der Waals surface area contributed by atoms with E-state index in [-0.39, 0.29) is 17.8 Å². The smallest absolute Gasteiger partial charge is 0.274 e. The van der Waals surface area contributed by atoms with Crippen molar-refractivity contribution in [2.24, 2.45) is 0 Å². The highest BCUT2D eigenvalue weighted by Gasteiger charge is 2.24. The molecule has 1 saturated heterocycles. The molecule has 1 aromatic heterocycles. The molecule has 0 unspecified atom stereocenters. The van der Waals surface area contributed by atoms with E-state index in [1.807, 2.05) is 24.8 Å². The zero-order chi connectivity index (χ0) is 17.8. The number of benzene rings is 1. The van der Waals surface area contributed by atoms with Crippen LogP contribution in [0.3, 0.4) is 0 Å². The number of piperazine rings is 1. The molecule has 0 saturated carbocycles. The van der Waals surface area contributed by atoms with Crippen LogP contribution in [0.1, 0.15) is 24.3 Å². The summed E-state index contributed by atoms with van der Waals surface area (Å²) in [5.74, 6) is 0.272. The number of halogens is 1. The van der Waals surface area contributed by atoms with Gasteiger partial charge in [-0.25, -0.2) is 14.4 Å². The van der Waals surface area contributed by atoms with E-state index >= 15 is 0 Å². The van der Waals surface area contributed by atoms with E-state index in [1.165, 1.54) is 12.3 Å². The number of amides is 1. The number of nitrogens with one attached hydrogen (secondary N) is 1. The van der Waals surface area contributed by atoms with Gasteiger partial charge < -0.3 is 15.1 Å². The molecule has 3 rings (SSSR count). The maximum atomic E-state index is 13.9. The van der Waals surface area contributed by atoms with Crippen molar-refractivity contribution < 1.29 is 9.18 Å². The van der Waals surface area contributed by atoms with Gasteiger partial charge >= 0.3 is 0 Å². The Labute approximate surface area is 146 Å². The molecule has 1 aliphatic heterocycles. The molecule has 0 atom stereocenters. The van der Waals surface area contributed by atoms with E-state index in [1.54, 1.807) is 23.2 Å². The molecule has 25 heavy (non-hydrogen) atoms. The van der Waals surface area contributed by atoms with Crippen LogP contribution in [0.4, 0.5) is 15.9 Å². The molecule has 132 valence electrons. The first-order valence-electron chi connectivity index (χ1n) is 8.42. The summed E-state index contributed by atoms with van der Waals surface area (Å²) < 4.78 is 13.9. The summed E-state index contributed by atoms with van der Waals surface area (Å²) in [6.45, 7) is 6.26. The molecule has 0 radical (unpaired) electrons. The summed E-state index contributed by atoms with van der Waals surface area (Å²) in [6.07, 6.45) is 3.07. The molecule has 2 heterocycles. The first kappa shape index (κ1) is 17.1. The number of carbonyl (C=O) groups is 1. The van der Waals surface area contributed by atoms with E-state index in [0.29, 0.717) is 43.4 Å². The Morgan fingerprint density at radius 1 is 1.12 bits per heavy atom. The van der Waals surface area contributed by atoms with Gasteiger partial charge in [-0.05, 0) is 26.0 Å². The quantitative estimate of drug-likeness (QED) is 0.924. The van der Waals surface area contributed by atoms with Crippen molar-refractivity contribution in [1.29, 1.82) is 0 Å². The second-order valence-electron chi connectivity index (χ2n) is 6.32. The summed E-state index contributed by atoms with van der Waals surface area (Å²) in [7, 11) is 0. The summed E-state index contributed by atoms with van der Waals surface area (Å²) in [4.78, 5) is 24.7. The van der Waals surface area contributed by atoms with Crippen LogP contribution in [0.15, 0.2) is 36.7 Å². The first-order chi connectivity index (χ1) is 12.0. The number of carbonyl (C=O) groups excluding carboxylic acids is 1. The maximum Gasteiger partial charge on any atom is 0.274 e. The lowest BCUT2D eigenvalue weighted by molar-refractivity contribution is 0.0740. The number of para-hydroxylation sites is 1. The molecule has 1 N–H and O–H groups in total. The summed E-state index contributed by atoms with van der Waals surface area (Å²) >= 11 is 0. The zero-order valence-electron chi connectivity index (χ0n) is 14.4. The van der Waals surface area contributed by atoms with Gasteiger partial charge in [0.2, 0.25) is 0 Å². The van der Waals surface area contributed by atoms with Gasteiger partial charge in [0.15, 0.2) is 0 Å². The number of hydrogen-bond donors (Lipinski definition) is 1. The molecule has 1 fully saturated rings. The third-order valence-electron chi connectivity index (χ3n) is 4.07. The van der Waals surface area contributed by atoms with Crippen LogP contribution in [0.25, 0.3) is 0 Å². The highest BCUT2D eigenvalue weighted by Crippen LogP contribution is 2.20. The van der Waals surface area contributed by atoms with Crippen LogP contribution in [0.5, 0.6) is 0 Å². The Balaban J connectivity index is 1.61. The van der Waals surface area contributed by atoms with E-state index in [4.69, 9.17) is 0 Å². The van der Waals surface area contributed by atoms with Crippen LogP contribution in [-0.4, -0.2) is 53.0 Å². The predicted octanol–water partition coefficient (Wildman–Crippen LogP) is 2.40. The van der Waals surface area contributed by atoms with Crippen LogP contribution in [0.2, 0.25) is 0 Å². The lowest BCUT2D eigenvalue weighted by atomic mass is 10.2. The second-order valence-corrected chi connectivity index (χ2v) is 6.32. The summed E-state index contributed by atoms with van der Waals surface area (Å²) in [6, 6.07) is 6.96. The van der Waals surface area contributed by atoms with Crippen molar-refractivity contribution in [1.82, 2.24) is 14.9 Å². The SMILES string of the molecule is CC(C)Nc1cnc(C(=O)N2CCN(c3ccccc3F)CC2)cn1. The molecule has 0 spiro atoms. The predicted molar refractivity (Wildman–Crippen MR) is 95.3 cm³/mol. The first-order valence-corrected chi connectivity index (χ1v) is 8.42. The third kappa shape index (κ3) is 4.04. The van der Waals surface area contributed by atoms with Gasteiger partial charge in [0.1, 0.15) is 17.3 Å². The normalized spacial score (nSPS) is 14.7. The lowest BCUT2D eigenvalue weighted by Gasteiger charge is -2.36. The topological polar surface area (TPSA) is 61.4 Å². The molecular formula is C18H22FN5O. The van der Waals surface area contributed by atoms with Crippen molar-refractivity contribution in [3.8, 4) is 0 Å². The summed E-state index contributed by atoms with van der Waals surface area (Å²) in [5, 5.41) is 3.14. The molecule has 7 heteroatoms. The fourth-order valence-electron chi connectivity index (χ4n) is 2.83. The summed E-state index contributed by atoms with van der Waals surface area (Å²) in [5.41, 5.74) is 0.909. The highest BCUT2D eigenvalue weighted by molar-refractivity contribution is 5.92. The molecule has 1 aromatic carbocycles. The van der Waals surface area contributed by atoms with Gasteiger partial charge in [-0.3, -0.25) is 4.79 Å². The zero-order valence-corrected chi connectivity index (χ0v) is 14.4. The third-order valence-corrected chi connectivity index (χ3v) is 4.07. The monoisotopic (exact) mass is 343 g/mol. The van der Waals surface area contributed by atoms with Gasteiger partial charge in [0.25, 0.3) is 5.91 Å². The minimum atomic E-state index is -0.235. The highest BCUT2D eigenvalue weighted by atomic mass is 19.1. The van der Waals surface area contributed by atoms with Gasteiger partial charge in [-0.15, -0.1) is 0 Å². The Kier molecular flexibility index (Phi) is 5.11. The van der Waals surface area contributed by atoms with E-state index in [0.717, 1.165) is 0 Å². The molecule has 2 aromatic rings.